The van der Waals surface area contributed by atoms with Crippen molar-refractivity contribution in [2.24, 2.45) is 5.41 Å². The molecule has 2 aliphatic heterocycles. The van der Waals surface area contributed by atoms with E-state index >= 15 is 0 Å². The van der Waals surface area contributed by atoms with Crippen LogP contribution in [0.25, 0.3) is 27.6 Å². The molecule has 0 N–H and O–H groups in total. The molecular formula is C55H61N4OPt-. The monoisotopic (exact) mass is 988 g/mol. The van der Waals surface area contributed by atoms with Gasteiger partial charge in [-0.2, -0.15) is 10.7 Å². The molecule has 1 unspecified atom stereocenters. The van der Waals surface area contributed by atoms with Gasteiger partial charge in [0, 0.05) is 68.5 Å². The van der Waals surface area contributed by atoms with Gasteiger partial charge < -0.3 is 9.30 Å². The Hall–Kier alpha value is -4.54. The SMILES string of the molecule is CC(C)(C)c1cc(Oc2[c-]c3c(cc2)c2ccccc2n3-c2cc(C(C)(C)C(C)(C)C)ccn2)[c-]c([N+]23[CH-][N@+]2(c2cccc(C(C)(C)C)c2)c2ccc(C(C)(C)C)cc23)c1.[Pt]. The molecule has 5 nitrogen and oxygen atoms in total. The van der Waals surface area contributed by atoms with Gasteiger partial charge in [-0.3, -0.25) is 0 Å². The molecule has 4 heterocycles. The van der Waals surface area contributed by atoms with Crippen molar-refractivity contribution in [1.82, 2.24) is 18.7 Å². The summed E-state index contributed by atoms with van der Waals surface area (Å²) < 4.78 is 10.4. The molecule has 6 heteroatoms. The zero-order chi connectivity index (χ0) is 43.0. The van der Waals surface area contributed by atoms with Crippen molar-refractivity contribution in [3.05, 3.63) is 150 Å². The quantitative estimate of drug-likeness (QED) is 0.0943. The number of ether oxygens (including phenoxy) is 1. The van der Waals surface area contributed by atoms with Crippen LogP contribution < -0.4 is 13.9 Å². The van der Waals surface area contributed by atoms with E-state index in [-0.39, 0.29) is 48.1 Å². The number of hydrogen-bond acceptors (Lipinski definition) is 2. The molecule has 1 fully saturated rings. The molecule has 1 saturated heterocycles. The molecule has 0 bridgehead atoms. The minimum absolute atomic E-state index is 0. The third-order valence-corrected chi connectivity index (χ3v) is 13.9. The van der Waals surface area contributed by atoms with E-state index in [1.54, 1.807) is 0 Å². The number of fused-ring (bicyclic) bond motifs is 7. The molecule has 2 aromatic heterocycles. The Bertz CT molecular complexity index is 2860. The molecule has 7 aromatic rings. The number of quaternary nitrogens is 2. The number of rotatable bonds is 6. The molecule has 0 aliphatic carbocycles. The standard InChI is InChI=1S/C55H61N4O.Pt/c1-51(2,3)36-18-17-19-40(28-36)58-35-59(58,49-31-37(52(4,5)6)22-25-48(49)58)41-29-39(53(7,8)9)30-43(33-41)60-42-23-24-45-44-20-15-16-21-46(44)57(47(45)34-42)50-32-38(26-27-56-50)55(13,14)54(10,11)12;/h15-32,35H,1-14H3;/q-1;/t58-,59?;/m0./s1. The molecule has 0 saturated carbocycles. The van der Waals surface area contributed by atoms with E-state index < -0.39 is 0 Å². The fraction of sp³-hybridized carbons (Fsp3) is 0.345. The zero-order valence-corrected chi connectivity index (χ0v) is 40.8. The normalized spacial score (nSPS) is 18.9. The minimum atomic E-state index is -0.142. The second-order valence-corrected chi connectivity index (χ2v) is 21.9. The molecular weight excluding hydrogens is 928 g/mol. The van der Waals surface area contributed by atoms with E-state index in [1.165, 1.54) is 39.3 Å². The third-order valence-electron chi connectivity index (χ3n) is 13.9. The molecule has 0 spiro atoms. The van der Waals surface area contributed by atoms with Crippen molar-refractivity contribution in [2.75, 3.05) is 0 Å². The van der Waals surface area contributed by atoms with Gasteiger partial charge in [-0.1, -0.05) is 145 Å². The molecule has 318 valence electrons. The van der Waals surface area contributed by atoms with Crippen LogP contribution in [0, 0.1) is 24.2 Å². The van der Waals surface area contributed by atoms with E-state index in [4.69, 9.17) is 9.72 Å². The average Bonchev–Trinajstić information content (AvgIpc) is 3.67. The Morgan fingerprint density at radius 3 is 1.93 bits per heavy atom. The summed E-state index contributed by atoms with van der Waals surface area (Å²) >= 11 is 0. The van der Waals surface area contributed by atoms with E-state index in [0.29, 0.717) is 20.7 Å². The largest absolute Gasteiger partial charge is 0.509 e. The Morgan fingerprint density at radius 1 is 0.557 bits per heavy atom. The molecule has 2 aliphatic rings. The molecule has 61 heavy (non-hydrogen) atoms. The van der Waals surface area contributed by atoms with Gasteiger partial charge in [0.15, 0.2) is 12.4 Å². The van der Waals surface area contributed by atoms with E-state index in [9.17, 15) is 0 Å². The van der Waals surface area contributed by atoms with Crippen molar-refractivity contribution < 1.29 is 25.8 Å². The van der Waals surface area contributed by atoms with Gasteiger partial charge in [0.2, 0.25) is 11.4 Å². The molecule has 0 radical (unpaired) electrons. The van der Waals surface area contributed by atoms with Crippen molar-refractivity contribution in [1.29, 1.82) is 0 Å². The van der Waals surface area contributed by atoms with Crippen LogP contribution in [0.3, 0.4) is 0 Å². The van der Waals surface area contributed by atoms with Gasteiger partial charge in [-0.25, -0.2) is 9.58 Å². The maximum atomic E-state index is 6.95. The van der Waals surface area contributed by atoms with E-state index in [2.05, 4.69) is 217 Å². The second kappa shape index (κ2) is 14.0. The number of para-hydroxylation sites is 1. The maximum Gasteiger partial charge on any atom is 0.225 e. The van der Waals surface area contributed by atoms with Crippen molar-refractivity contribution in [2.45, 2.75) is 119 Å². The third kappa shape index (κ3) is 6.64. The fourth-order valence-corrected chi connectivity index (χ4v) is 8.98. The summed E-state index contributed by atoms with van der Waals surface area (Å²) in [5.41, 5.74) is 11.9. The fourth-order valence-electron chi connectivity index (χ4n) is 8.98. The summed E-state index contributed by atoms with van der Waals surface area (Å²) in [5, 5.41) is 2.27. The summed E-state index contributed by atoms with van der Waals surface area (Å²) in [7, 11) is 0. The van der Waals surface area contributed by atoms with Crippen molar-refractivity contribution in [3.63, 3.8) is 0 Å². The van der Waals surface area contributed by atoms with Gasteiger partial charge in [0.25, 0.3) is 0 Å². The summed E-state index contributed by atoms with van der Waals surface area (Å²) in [5.74, 6) is 2.19. The first-order valence-electron chi connectivity index (χ1n) is 21.6. The second-order valence-electron chi connectivity index (χ2n) is 21.9. The van der Waals surface area contributed by atoms with Gasteiger partial charge in [0.05, 0.1) is 5.69 Å². The Morgan fingerprint density at radius 2 is 1.25 bits per heavy atom. The number of aromatic nitrogens is 2. The first kappa shape index (κ1) is 43.1. The predicted molar refractivity (Wildman–Crippen MR) is 251 cm³/mol. The smallest absolute Gasteiger partial charge is 0.225 e. The first-order valence-corrected chi connectivity index (χ1v) is 21.6. The molecule has 9 rings (SSSR count). The van der Waals surface area contributed by atoms with Crippen LogP contribution >= 0.6 is 0 Å². The van der Waals surface area contributed by atoms with Crippen LogP contribution in [-0.4, -0.2) is 9.55 Å². The molecule has 2 atom stereocenters. The predicted octanol–water partition coefficient (Wildman–Crippen LogP) is 15.1. The minimum Gasteiger partial charge on any atom is -0.509 e. The number of benzene rings is 5. The Balaban J connectivity index is 0.00000514. The number of hydrogen-bond donors (Lipinski definition) is 0. The van der Waals surface area contributed by atoms with Gasteiger partial charge in [-0.05, 0) is 67.4 Å². The van der Waals surface area contributed by atoms with Crippen LogP contribution in [0.15, 0.2) is 109 Å². The average molecular weight is 989 g/mol. The maximum absolute atomic E-state index is 6.95. The van der Waals surface area contributed by atoms with Gasteiger partial charge in [0.1, 0.15) is 5.82 Å². The summed E-state index contributed by atoms with van der Waals surface area (Å²) in [4.78, 5) is 4.97. The summed E-state index contributed by atoms with van der Waals surface area (Å²) in [6.45, 7) is 34.6. The topological polar surface area (TPSA) is 27.1 Å². The summed E-state index contributed by atoms with van der Waals surface area (Å²) in [6.07, 6.45) is 1.95. The van der Waals surface area contributed by atoms with Crippen LogP contribution in [0.1, 0.15) is 119 Å². The van der Waals surface area contributed by atoms with Crippen LogP contribution in [0.4, 0.5) is 22.7 Å². The first-order chi connectivity index (χ1) is 28.0. The number of pyridine rings is 1. The van der Waals surface area contributed by atoms with Gasteiger partial charge >= 0.3 is 0 Å². The molecule has 0 amide bonds. The number of nitrogens with zero attached hydrogens (tertiary/aromatic N) is 4. The Kier molecular flexibility index (Phi) is 9.88. The summed E-state index contributed by atoms with van der Waals surface area (Å²) in [6, 6.07) is 45.5. The molecule has 5 aromatic carbocycles. The zero-order valence-electron chi connectivity index (χ0n) is 38.5. The van der Waals surface area contributed by atoms with Crippen molar-refractivity contribution in [3.8, 4) is 17.3 Å². The van der Waals surface area contributed by atoms with E-state index in [1.807, 2.05) is 12.3 Å². The van der Waals surface area contributed by atoms with Crippen LogP contribution in [0.5, 0.6) is 11.5 Å². The van der Waals surface area contributed by atoms with Crippen LogP contribution in [0.2, 0.25) is 0 Å². The van der Waals surface area contributed by atoms with Crippen LogP contribution in [-0.2, 0) is 42.7 Å². The van der Waals surface area contributed by atoms with Crippen molar-refractivity contribution >= 4 is 44.6 Å². The van der Waals surface area contributed by atoms with E-state index in [0.717, 1.165) is 33.3 Å². The Labute approximate surface area is 378 Å². The van der Waals surface area contributed by atoms with Gasteiger partial charge in [-0.15, -0.1) is 35.2 Å².